The minimum Gasteiger partial charge on any atom is -0.392 e. The topological polar surface area (TPSA) is 67.3 Å². The first kappa shape index (κ1) is 13.5. The Bertz CT molecular complexity index is 495. The Labute approximate surface area is 108 Å². The molecule has 0 aliphatic carbocycles. The van der Waals surface area contributed by atoms with E-state index >= 15 is 0 Å². The normalized spacial score (nSPS) is 24.0. The molecule has 1 aromatic heterocycles. The maximum absolute atomic E-state index is 11.4. The molecule has 1 N–H and O–H groups in total. The summed E-state index contributed by atoms with van der Waals surface area (Å²) < 4.78 is 22.7. The first-order chi connectivity index (χ1) is 8.50. The van der Waals surface area contributed by atoms with Crippen molar-refractivity contribution in [1.29, 1.82) is 0 Å². The van der Waals surface area contributed by atoms with Gasteiger partial charge < -0.3 is 5.11 Å². The number of aromatic nitrogens is 1. The molecule has 1 aliphatic heterocycles. The van der Waals surface area contributed by atoms with Crippen LogP contribution < -0.4 is 0 Å². The van der Waals surface area contributed by atoms with Gasteiger partial charge in [0.2, 0.25) is 0 Å². The van der Waals surface area contributed by atoms with Crippen molar-refractivity contribution in [1.82, 2.24) is 4.98 Å². The highest BCUT2D eigenvalue weighted by Crippen LogP contribution is 2.23. The molecule has 18 heavy (non-hydrogen) atoms. The highest BCUT2D eigenvalue weighted by atomic mass is 32.2. The Balaban J connectivity index is 1.96. The lowest BCUT2D eigenvalue weighted by Crippen LogP contribution is -2.24. The van der Waals surface area contributed by atoms with Crippen LogP contribution in [0.1, 0.15) is 24.6 Å². The number of hydrogen-bond donors (Lipinski definition) is 1. The van der Waals surface area contributed by atoms with E-state index < -0.39 is 15.9 Å². The molecule has 0 aromatic carbocycles. The van der Waals surface area contributed by atoms with Gasteiger partial charge in [-0.1, -0.05) is 13.0 Å². The molecule has 0 radical (unpaired) electrons. The van der Waals surface area contributed by atoms with E-state index in [9.17, 15) is 13.5 Å². The van der Waals surface area contributed by atoms with Crippen molar-refractivity contribution < 1.29 is 13.5 Å². The summed E-state index contributed by atoms with van der Waals surface area (Å²) in [5, 5.41) is 10.1. The van der Waals surface area contributed by atoms with Gasteiger partial charge in [0.25, 0.3) is 0 Å². The number of aliphatic hydroxyl groups excluding tert-OH is 1. The minimum atomic E-state index is -2.92. The number of aryl methyl sites for hydroxylation is 1. The smallest absolute Gasteiger partial charge is 0.150 e. The number of hydrogen-bond acceptors (Lipinski definition) is 4. The van der Waals surface area contributed by atoms with E-state index in [0.717, 1.165) is 17.7 Å². The summed E-state index contributed by atoms with van der Waals surface area (Å²) >= 11 is 0. The predicted octanol–water partition coefficient (Wildman–Crippen LogP) is 0.982. The molecule has 2 rings (SSSR count). The van der Waals surface area contributed by atoms with Crippen LogP contribution in [0, 0.1) is 5.92 Å². The van der Waals surface area contributed by atoms with Gasteiger partial charge in [0, 0.05) is 24.2 Å². The standard InChI is InChI=1S/C13H19NO3S/c1-2-10-3-4-12(14-8-10)7-13(15)11-5-6-18(16,17)9-11/h3-4,8,11,13,15H,2,5-7,9H2,1H3. The summed E-state index contributed by atoms with van der Waals surface area (Å²) in [5.74, 6) is 0.181. The molecular formula is C13H19NO3S. The van der Waals surface area contributed by atoms with Gasteiger partial charge in [0.15, 0.2) is 9.84 Å². The Morgan fingerprint density at radius 1 is 1.50 bits per heavy atom. The van der Waals surface area contributed by atoms with Gasteiger partial charge in [-0.25, -0.2) is 8.42 Å². The summed E-state index contributed by atoms with van der Waals surface area (Å²) in [6.45, 7) is 2.06. The maximum Gasteiger partial charge on any atom is 0.150 e. The third kappa shape index (κ3) is 3.29. The van der Waals surface area contributed by atoms with Gasteiger partial charge >= 0.3 is 0 Å². The van der Waals surface area contributed by atoms with Crippen molar-refractivity contribution >= 4 is 9.84 Å². The first-order valence-electron chi connectivity index (χ1n) is 6.32. The SMILES string of the molecule is CCc1ccc(CC(O)C2CCS(=O)(=O)C2)nc1. The molecular weight excluding hydrogens is 250 g/mol. The summed E-state index contributed by atoms with van der Waals surface area (Å²) in [6, 6.07) is 3.91. The molecule has 0 spiro atoms. The highest BCUT2D eigenvalue weighted by Gasteiger charge is 2.32. The van der Waals surface area contributed by atoms with Crippen molar-refractivity contribution in [2.24, 2.45) is 5.92 Å². The van der Waals surface area contributed by atoms with E-state index in [1.165, 1.54) is 0 Å². The number of pyridine rings is 1. The van der Waals surface area contributed by atoms with Crippen molar-refractivity contribution in [3.63, 3.8) is 0 Å². The van der Waals surface area contributed by atoms with Crippen molar-refractivity contribution in [3.05, 3.63) is 29.6 Å². The monoisotopic (exact) mass is 269 g/mol. The second-order valence-electron chi connectivity index (χ2n) is 4.95. The number of nitrogens with zero attached hydrogens (tertiary/aromatic N) is 1. The van der Waals surface area contributed by atoms with E-state index in [1.54, 1.807) is 0 Å². The molecule has 2 atom stereocenters. The second kappa shape index (κ2) is 5.36. The lowest BCUT2D eigenvalue weighted by molar-refractivity contribution is 0.119. The van der Waals surface area contributed by atoms with Crippen molar-refractivity contribution in [2.75, 3.05) is 11.5 Å². The number of aliphatic hydroxyl groups is 1. The van der Waals surface area contributed by atoms with Crippen LogP contribution in [-0.2, 0) is 22.7 Å². The molecule has 0 saturated carbocycles. The van der Waals surface area contributed by atoms with Gasteiger partial charge in [-0.15, -0.1) is 0 Å². The fourth-order valence-corrected chi connectivity index (χ4v) is 4.16. The van der Waals surface area contributed by atoms with E-state index in [4.69, 9.17) is 0 Å². The van der Waals surface area contributed by atoms with E-state index in [-0.39, 0.29) is 17.4 Å². The van der Waals surface area contributed by atoms with Gasteiger partial charge in [0.05, 0.1) is 17.6 Å². The van der Waals surface area contributed by atoms with Crippen LogP contribution in [0.4, 0.5) is 0 Å². The lowest BCUT2D eigenvalue weighted by atomic mass is 9.97. The molecule has 0 amide bonds. The van der Waals surface area contributed by atoms with E-state index in [2.05, 4.69) is 11.9 Å². The van der Waals surface area contributed by atoms with E-state index in [1.807, 2.05) is 18.3 Å². The molecule has 5 heteroatoms. The quantitative estimate of drug-likeness (QED) is 0.885. The molecule has 2 heterocycles. The zero-order chi connectivity index (χ0) is 13.2. The van der Waals surface area contributed by atoms with Crippen LogP contribution in [-0.4, -0.2) is 36.1 Å². The van der Waals surface area contributed by atoms with E-state index in [0.29, 0.717) is 12.8 Å². The van der Waals surface area contributed by atoms with Gasteiger partial charge in [-0.05, 0) is 24.5 Å². The molecule has 100 valence electrons. The maximum atomic E-state index is 11.4. The molecule has 0 bridgehead atoms. The highest BCUT2D eigenvalue weighted by molar-refractivity contribution is 7.91. The van der Waals surface area contributed by atoms with Crippen LogP contribution in [0.3, 0.4) is 0 Å². The fraction of sp³-hybridized carbons (Fsp3) is 0.615. The minimum absolute atomic E-state index is 0.112. The summed E-state index contributed by atoms with van der Waals surface area (Å²) in [4.78, 5) is 4.29. The fourth-order valence-electron chi connectivity index (χ4n) is 2.29. The Hall–Kier alpha value is -0.940. The first-order valence-corrected chi connectivity index (χ1v) is 8.14. The van der Waals surface area contributed by atoms with Crippen molar-refractivity contribution in [3.8, 4) is 0 Å². The summed E-state index contributed by atoms with van der Waals surface area (Å²) in [7, 11) is -2.92. The Morgan fingerprint density at radius 3 is 2.78 bits per heavy atom. The summed E-state index contributed by atoms with van der Waals surface area (Å²) in [6.07, 6.45) is 3.15. The molecule has 2 unspecified atom stereocenters. The van der Waals surface area contributed by atoms with Gasteiger partial charge in [-0.3, -0.25) is 4.98 Å². The third-order valence-corrected chi connectivity index (χ3v) is 5.32. The van der Waals surface area contributed by atoms with Gasteiger partial charge in [-0.2, -0.15) is 0 Å². The molecule has 1 fully saturated rings. The average Bonchev–Trinajstić information content (AvgIpc) is 2.71. The average molecular weight is 269 g/mol. The van der Waals surface area contributed by atoms with Crippen LogP contribution in [0.2, 0.25) is 0 Å². The zero-order valence-electron chi connectivity index (χ0n) is 10.5. The van der Waals surface area contributed by atoms with Crippen molar-refractivity contribution in [2.45, 2.75) is 32.3 Å². The zero-order valence-corrected chi connectivity index (χ0v) is 11.4. The number of rotatable bonds is 4. The Morgan fingerprint density at radius 2 is 2.28 bits per heavy atom. The van der Waals surface area contributed by atoms with Crippen LogP contribution in [0.25, 0.3) is 0 Å². The van der Waals surface area contributed by atoms with Crippen LogP contribution in [0.15, 0.2) is 18.3 Å². The molecule has 1 aliphatic rings. The van der Waals surface area contributed by atoms with Gasteiger partial charge in [0.1, 0.15) is 0 Å². The largest absolute Gasteiger partial charge is 0.392 e. The second-order valence-corrected chi connectivity index (χ2v) is 7.17. The molecule has 1 saturated heterocycles. The lowest BCUT2D eigenvalue weighted by Gasteiger charge is -2.16. The Kier molecular flexibility index (Phi) is 4.02. The number of sulfone groups is 1. The predicted molar refractivity (Wildman–Crippen MR) is 70.1 cm³/mol. The molecule has 1 aromatic rings. The molecule has 4 nitrogen and oxygen atoms in total. The van der Waals surface area contributed by atoms with Crippen LogP contribution >= 0.6 is 0 Å². The third-order valence-electron chi connectivity index (χ3n) is 3.52. The summed E-state index contributed by atoms with van der Waals surface area (Å²) in [5.41, 5.74) is 1.99. The van der Waals surface area contributed by atoms with Crippen LogP contribution in [0.5, 0.6) is 0 Å².